The van der Waals surface area contributed by atoms with Crippen LogP contribution in [0.25, 0.3) is 0 Å². The molecule has 0 saturated heterocycles. The molecule has 0 fully saturated rings. The number of thiophene rings is 1. The van der Waals surface area contributed by atoms with Crippen LogP contribution in [-0.4, -0.2) is 30.7 Å². The molecule has 18 heavy (non-hydrogen) atoms. The molecule has 2 N–H and O–H groups in total. The Morgan fingerprint density at radius 2 is 2.17 bits per heavy atom. The van der Waals surface area contributed by atoms with Gasteiger partial charge in [-0.25, -0.2) is 0 Å². The maximum atomic E-state index is 12.3. The summed E-state index contributed by atoms with van der Waals surface area (Å²) in [6.07, 6.45) is -4.17. The van der Waals surface area contributed by atoms with Crippen molar-refractivity contribution in [3.63, 3.8) is 0 Å². The minimum Gasteiger partial charge on any atom is -0.320 e. The van der Waals surface area contributed by atoms with Crippen molar-refractivity contribution in [2.45, 2.75) is 19.6 Å². The maximum Gasteiger partial charge on any atom is 0.401 e. The second kappa shape index (κ2) is 6.78. The molecule has 1 heterocycles. The normalized spacial score (nSPS) is 11.4. The maximum absolute atomic E-state index is 12.3. The second-order valence-corrected chi connectivity index (χ2v) is 4.68. The van der Waals surface area contributed by atoms with E-state index in [1.807, 2.05) is 11.4 Å². The monoisotopic (exact) mass is 276 g/mol. The zero-order valence-corrected chi connectivity index (χ0v) is 10.9. The van der Waals surface area contributed by atoms with Crippen LogP contribution in [-0.2, 0) is 6.54 Å². The van der Waals surface area contributed by atoms with Gasteiger partial charge in [0.25, 0.3) is 0 Å². The fourth-order valence-electron chi connectivity index (χ4n) is 1.46. The van der Waals surface area contributed by atoms with Crippen LogP contribution in [0.2, 0.25) is 0 Å². The van der Waals surface area contributed by atoms with E-state index in [-0.39, 0.29) is 13.1 Å². The average molecular weight is 276 g/mol. The first-order chi connectivity index (χ1) is 8.46. The largest absolute Gasteiger partial charge is 0.401 e. The molecular formula is C12H15F3N2S. The first kappa shape index (κ1) is 15.0. The quantitative estimate of drug-likeness (QED) is 0.856. The van der Waals surface area contributed by atoms with Gasteiger partial charge in [0.1, 0.15) is 0 Å². The smallest absolute Gasteiger partial charge is 0.320 e. The Kier molecular flexibility index (Phi) is 5.66. The van der Waals surface area contributed by atoms with Crippen molar-refractivity contribution in [1.82, 2.24) is 4.90 Å². The standard InChI is InChI=1S/C12H15F3N2S/c1-2-17(9-12(13,14)15)8-11-10(4-3-6-16)5-7-18-11/h5,7H,2,6,8-9,16H2,1H3. The van der Waals surface area contributed by atoms with E-state index in [4.69, 9.17) is 5.73 Å². The summed E-state index contributed by atoms with van der Waals surface area (Å²) in [5.41, 5.74) is 6.05. The van der Waals surface area contributed by atoms with Crippen molar-refractivity contribution in [3.05, 3.63) is 21.9 Å². The average Bonchev–Trinajstić information content (AvgIpc) is 2.71. The predicted octanol–water partition coefficient (Wildman–Crippen LogP) is 2.44. The van der Waals surface area contributed by atoms with E-state index < -0.39 is 12.7 Å². The molecule has 0 unspecified atom stereocenters. The molecule has 0 bridgehead atoms. The molecule has 0 amide bonds. The Morgan fingerprint density at radius 3 is 2.72 bits per heavy atom. The predicted molar refractivity (Wildman–Crippen MR) is 67.3 cm³/mol. The number of halogens is 3. The highest BCUT2D eigenvalue weighted by Gasteiger charge is 2.30. The van der Waals surface area contributed by atoms with Gasteiger partial charge >= 0.3 is 6.18 Å². The molecule has 1 aromatic rings. The van der Waals surface area contributed by atoms with Crippen molar-refractivity contribution in [1.29, 1.82) is 0 Å². The third-order valence-electron chi connectivity index (χ3n) is 2.29. The third-order valence-corrected chi connectivity index (χ3v) is 3.19. The molecule has 0 spiro atoms. The van der Waals surface area contributed by atoms with Crippen LogP contribution in [0.5, 0.6) is 0 Å². The zero-order chi connectivity index (χ0) is 13.6. The van der Waals surface area contributed by atoms with Crippen molar-refractivity contribution in [2.24, 2.45) is 5.73 Å². The van der Waals surface area contributed by atoms with Crippen LogP contribution < -0.4 is 5.73 Å². The number of nitrogens with zero attached hydrogens (tertiary/aromatic N) is 1. The molecule has 0 aliphatic rings. The number of hydrogen-bond acceptors (Lipinski definition) is 3. The highest BCUT2D eigenvalue weighted by atomic mass is 32.1. The van der Waals surface area contributed by atoms with E-state index >= 15 is 0 Å². The van der Waals surface area contributed by atoms with Crippen molar-refractivity contribution in [2.75, 3.05) is 19.6 Å². The van der Waals surface area contributed by atoms with E-state index in [0.29, 0.717) is 6.54 Å². The van der Waals surface area contributed by atoms with Crippen LogP contribution in [0.4, 0.5) is 13.2 Å². The summed E-state index contributed by atoms with van der Waals surface area (Å²) in [6.45, 7) is 1.68. The molecule has 6 heteroatoms. The first-order valence-electron chi connectivity index (χ1n) is 5.50. The second-order valence-electron chi connectivity index (χ2n) is 3.68. The number of rotatable bonds is 4. The molecule has 0 aliphatic heterocycles. The SMILES string of the molecule is CCN(Cc1sccc1C#CCN)CC(F)(F)F. The fourth-order valence-corrected chi connectivity index (χ4v) is 2.33. The summed E-state index contributed by atoms with van der Waals surface area (Å²) >= 11 is 1.42. The molecule has 0 aromatic carbocycles. The summed E-state index contributed by atoms with van der Waals surface area (Å²) in [6, 6.07) is 1.81. The minimum absolute atomic E-state index is 0.245. The summed E-state index contributed by atoms with van der Waals surface area (Å²) < 4.78 is 37.0. The Balaban J connectivity index is 2.73. The number of alkyl halides is 3. The van der Waals surface area contributed by atoms with Gasteiger partial charge in [-0.3, -0.25) is 4.90 Å². The van der Waals surface area contributed by atoms with Gasteiger partial charge in [0, 0.05) is 17.0 Å². The van der Waals surface area contributed by atoms with Gasteiger partial charge in [-0.1, -0.05) is 18.8 Å². The summed E-state index contributed by atoms with van der Waals surface area (Å²) in [5.74, 6) is 5.59. The summed E-state index contributed by atoms with van der Waals surface area (Å²) in [7, 11) is 0. The van der Waals surface area contributed by atoms with E-state index in [1.165, 1.54) is 16.2 Å². The number of hydrogen-bond donors (Lipinski definition) is 1. The summed E-state index contributed by atoms with van der Waals surface area (Å²) in [5, 5.41) is 1.83. The Hall–Kier alpha value is -1.03. The van der Waals surface area contributed by atoms with Crippen LogP contribution in [0, 0.1) is 11.8 Å². The molecule has 0 atom stereocenters. The van der Waals surface area contributed by atoms with Gasteiger partial charge in [0.05, 0.1) is 13.1 Å². The van der Waals surface area contributed by atoms with E-state index in [0.717, 1.165) is 10.4 Å². The van der Waals surface area contributed by atoms with Crippen LogP contribution in [0.1, 0.15) is 17.4 Å². The lowest BCUT2D eigenvalue weighted by Crippen LogP contribution is -2.33. The van der Waals surface area contributed by atoms with Gasteiger partial charge in [0.2, 0.25) is 0 Å². The molecule has 0 aliphatic carbocycles. The molecule has 0 radical (unpaired) electrons. The molecule has 1 rings (SSSR count). The van der Waals surface area contributed by atoms with Crippen LogP contribution in [0.3, 0.4) is 0 Å². The van der Waals surface area contributed by atoms with Crippen molar-refractivity contribution in [3.8, 4) is 11.8 Å². The highest BCUT2D eigenvalue weighted by molar-refractivity contribution is 7.10. The highest BCUT2D eigenvalue weighted by Crippen LogP contribution is 2.21. The number of nitrogens with two attached hydrogens (primary N) is 1. The third kappa shape index (κ3) is 5.08. The van der Waals surface area contributed by atoms with Gasteiger partial charge in [0.15, 0.2) is 0 Å². The topological polar surface area (TPSA) is 29.3 Å². The molecular weight excluding hydrogens is 261 g/mol. The van der Waals surface area contributed by atoms with Crippen LogP contribution >= 0.6 is 11.3 Å². The molecule has 2 nitrogen and oxygen atoms in total. The Labute approximate surface area is 109 Å². The van der Waals surface area contributed by atoms with E-state index in [1.54, 1.807) is 6.92 Å². The Bertz CT molecular complexity index is 429. The lowest BCUT2D eigenvalue weighted by Gasteiger charge is -2.21. The molecule has 0 saturated carbocycles. The lowest BCUT2D eigenvalue weighted by atomic mass is 10.2. The van der Waals surface area contributed by atoms with Gasteiger partial charge in [-0.15, -0.1) is 11.3 Å². The van der Waals surface area contributed by atoms with Gasteiger partial charge in [-0.05, 0) is 18.0 Å². The summed E-state index contributed by atoms with van der Waals surface area (Å²) in [4.78, 5) is 2.20. The zero-order valence-electron chi connectivity index (χ0n) is 10.0. The lowest BCUT2D eigenvalue weighted by molar-refractivity contribution is -0.146. The van der Waals surface area contributed by atoms with Gasteiger partial charge in [-0.2, -0.15) is 13.2 Å². The van der Waals surface area contributed by atoms with Crippen LogP contribution in [0.15, 0.2) is 11.4 Å². The van der Waals surface area contributed by atoms with Crippen molar-refractivity contribution < 1.29 is 13.2 Å². The van der Waals surface area contributed by atoms with Gasteiger partial charge < -0.3 is 5.73 Å². The minimum atomic E-state index is -4.17. The molecule has 100 valence electrons. The van der Waals surface area contributed by atoms with Crippen molar-refractivity contribution >= 4 is 11.3 Å². The van der Waals surface area contributed by atoms with E-state index in [2.05, 4.69) is 11.8 Å². The molecule has 1 aromatic heterocycles. The first-order valence-corrected chi connectivity index (χ1v) is 6.38. The fraction of sp³-hybridized carbons (Fsp3) is 0.500. The van der Waals surface area contributed by atoms with E-state index in [9.17, 15) is 13.2 Å². The Morgan fingerprint density at radius 1 is 1.44 bits per heavy atom.